The maximum Gasteiger partial charge on any atom is 0.211 e. The summed E-state index contributed by atoms with van der Waals surface area (Å²) < 4.78 is 25.4. The third-order valence-electron chi connectivity index (χ3n) is 1.76. The van der Waals surface area contributed by atoms with Crippen LogP contribution in [0.1, 0.15) is 33.1 Å². The summed E-state index contributed by atoms with van der Waals surface area (Å²) in [6, 6.07) is -0.163. The molecule has 4 nitrogen and oxygen atoms in total. The Morgan fingerprint density at radius 3 is 2.43 bits per heavy atom. The standard InChI is InChI=1S/C8H18N2O2S2/c1-3-5-14(11,12)10-7(4-2)6-8(9)13/h7,10H,3-6H2,1-2H3,(H2,9,13). The average Bonchev–Trinajstić information content (AvgIpc) is 2.01. The lowest BCUT2D eigenvalue weighted by Crippen LogP contribution is -2.38. The Labute approximate surface area is 91.3 Å². The highest BCUT2D eigenvalue weighted by Gasteiger charge is 2.15. The molecule has 0 aromatic heterocycles. The van der Waals surface area contributed by atoms with Crippen LogP contribution < -0.4 is 10.5 Å². The molecule has 0 heterocycles. The Morgan fingerprint density at radius 2 is 2.07 bits per heavy atom. The normalized spacial score (nSPS) is 13.9. The van der Waals surface area contributed by atoms with Crippen LogP contribution in [0, 0.1) is 0 Å². The van der Waals surface area contributed by atoms with Gasteiger partial charge in [-0.1, -0.05) is 26.1 Å². The molecule has 0 aromatic carbocycles. The third kappa shape index (κ3) is 6.28. The first-order valence-electron chi connectivity index (χ1n) is 4.69. The van der Waals surface area contributed by atoms with E-state index in [2.05, 4.69) is 4.72 Å². The van der Waals surface area contributed by atoms with E-state index in [0.29, 0.717) is 24.3 Å². The molecule has 0 aliphatic rings. The molecule has 0 amide bonds. The van der Waals surface area contributed by atoms with E-state index in [9.17, 15) is 8.42 Å². The minimum Gasteiger partial charge on any atom is -0.393 e. The fraction of sp³-hybridized carbons (Fsp3) is 0.875. The van der Waals surface area contributed by atoms with E-state index < -0.39 is 10.0 Å². The molecule has 0 bridgehead atoms. The summed E-state index contributed by atoms with van der Waals surface area (Å²) in [7, 11) is -3.15. The van der Waals surface area contributed by atoms with Crippen LogP contribution in [0.2, 0.25) is 0 Å². The fourth-order valence-corrected chi connectivity index (χ4v) is 2.71. The number of rotatable bonds is 7. The van der Waals surface area contributed by atoms with E-state index in [4.69, 9.17) is 18.0 Å². The molecule has 0 rings (SSSR count). The second-order valence-corrected chi connectivity index (χ2v) is 5.61. The topological polar surface area (TPSA) is 72.2 Å². The predicted molar refractivity (Wildman–Crippen MR) is 62.7 cm³/mol. The van der Waals surface area contributed by atoms with Crippen LogP contribution in [0.3, 0.4) is 0 Å². The fourth-order valence-electron chi connectivity index (χ4n) is 1.09. The first-order valence-corrected chi connectivity index (χ1v) is 6.75. The Hall–Kier alpha value is -0.200. The number of nitrogens with one attached hydrogen (secondary N) is 1. The molecule has 0 radical (unpaired) electrons. The molecule has 3 N–H and O–H groups in total. The molecule has 0 aliphatic carbocycles. The highest BCUT2D eigenvalue weighted by atomic mass is 32.2. The smallest absolute Gasteiger partial charge is 0.211 e. The highest BCUT2D eigenvalue weighted by Crippen LogP contribution is 2.01. The summed E-state index contributed by atoms with van der Waals surface area (Å²) in [5.74, 6) is 0.154. The van der Waals surface area contributed by atoms with Gasteiger partial charge in [-0.25, -0.2) is 13.1 Å². The number of nitrogens with two attached hydrogens (primary N) is 1. The predicted octanol–water partition coefficient (Wildman–Crippen LogP) is 0.771. The molecule has 0 saturated heterocycles. The zero-order chi connectivity index (χ0) is 11.2. The van der Waals surface area contributed by atoms with Gasteiger partial charge in [0.25, 0.3) is 0 Å². The van der Waals surface area contributed by atoms with Crippen LogP contribution in [0.25, 0.3) is 0 Å². The molecular weight excluding hydrogens is 220 g/mol. The average molecular weight is 238 g/mol. The minimum atomic E-state index is -3.15. The van der Waals surface area contributed by atoms with Gasteiger partial charge in [0, 0.05) is 12.5 Å². The van der Waals surface area contributed by atoms with Gasteiger partial charge in [0.05, 0.1) is 10.7 Å². The maximum absolute atomic E-state index is 11.4. The van der Waals surface area contributed by atoms with E-state index in [1.807, 2.05) is 13.8 Å². The molecule has 0 spiro atoms. The van der Waals surface area contributed by atoms with E-state index >= 15 is 0 Å². The minimum absolute atomic E-state index is 0.154. The van der Waals surface area contributed by atoms with Gasteiger partial charge in [0.2, 0.25) is 10.0 Å². The van der Waals surface area contributed by atoms with Gasteiger partial charge in [-0.05, 0) is 12.8 Å². The zero-order valence-electron chi connectivity index (χ0n) is 8.62. The first-order chi connectivity index (χ1) is 6.41. The maximum atomic E-state index is 11.4. The summed E-state index contributed by atoms with van der Waals surface area (Å²) in [5, 5.41) is 0. The van der Waals surface area contributed by atoms with Crippen LogP contribution in [-0.4, -0.2) is 25.2 Å². The number of sulfonamides is 1. The summed E-state index contributed by atoms with van der Waals surface area (Å²) in [6.45, 7) is 3.73. The van der Waals surface area contributed by atoms with Gasteiger partial charge in [0.1, 0.15) is 0 Å². The number of hydrogen-bond acceptors (Lipinski definition) is 3. The molecular formula is C8H18N2O2S2. The second-order valence-electron chi connectivity index (χ2n) is 3.21. The summed E-state index contributed by atoms with van der Waals surface area (Å²) in [5.41, 5.74) is 5.36. The lowest BCUT2D eigenvalue weighted by molar-refractivity contribution is 0.545. The Balaban J connectivity index is 4.24. The lowest BCUT2D eigenvalue weighted by atomic mass is 10.2. The molecule has 0 aliphatic heterocycles. The molecule has 1 atom stereocenters. The summed E-state index contributed by atoms with van der Waals surface area (Å²) >= 11 is 4.73. The van der Waals surface area contributed by atoms with Crippen LogP contribution in [0.4, 0.5) is 0 Å². The molecule has 14 heavy (non-hydrogen) atoms. The monoisotopic (exact) mass is 238 g/mol. The molecule has 6 heteroatoms. The van der Waals surface area contributed by atoms with Gasteiger partial charge in [-0.15, -0.1) is 0 Å². The van der Waals surface area contributed by atoms with Crippen molar-refractivity contribution in [1.82, 2.24) is 4.72 Å². The number of thiocarbonyl (C=S) groups is 1. The van der Waals surface area contributed by atoms with Gasteiger partial charge < -0.3 is 5.73 Å². The van der Waals surface area contributed by atoms with Crippen molar-refractivity contribution in [2.75, 3.05) is 5.75 Å². The zero-order valence-corrected chi connectivity index (χ0v) is 10.2. The van der Waals surface area contributed by atoms with Crippen molar-refractivity contribution in [1.29, 1.82) is 0 Å². The third-order valence-corrected chi connectivity index (χ3v) is 3.56. The Morgan fingerprint density at radius 1 is 1.50 bits per heavy atom. The summed E-state index contributed by atoms with van der Waals surface area (Å²) in [4.78, 5) is 0.344. The van der Waals surface area contributed by atoms with Crippen molar-refractivity contribution in [2.45, 2.75) is 39.2 Å². The van der Waals surface area contributed by atoms with Crippen LogP contribution in [0.15, 0.2) is 0 Å². The highest BCUT2D eigenvalue weighted by molar-refractivity contribution is 7.89. The molecule has 1 unspecified atom stereocenters. The van der Waals surface area contributed by atoms with Crippen molar-refractivity contribution >= 4 is 27.2 Å². The van der Waals surface area contributed by atoms with Gasteiger partial charge in [-0.2, -0.15) is 0 Å². The van der Waals surface area contributed by atoms with E-state index in [1.54, 1.807) is 0 Å². The quantitative estimate of drug-likeness (QED) is 0.643. The van der Waals surface area contributed by atoms with Crippen LogP contribution >= 0.6 is 12.2 Å². The first kappa shape index (κ1) is 13.8. The molecule has 0 fully saturated rings. The summed E-state index contributed by atoms with van der Waals surface area (Å²) in [6.07, 6.45) is 1.73. The largest absolute Gasteiger partial charge is 0.393 e. The molecule has 84 valence electrons. The Kier molecular flexibility index (Phi) is 6.22. The van der Waals surface area contributed by atoms with E-state index in [1.165, 1.54) is 0 Å². The van der Waals surface area contributed by atoms with Crippen molar-refractivity contribution < 1.29 is 8.42 Å². The molecule has 0 saturated carbocycles. The van der Waals surface area contributed by atoms with Crippen molar-refractivity contribution in [3.8, 4) is 0 Å². The van der Waals surface area contributed by atoms with E-state index in [-0.39, 0.29) is 11.8 Å². The number of hydrogen-bond donors (Lipinski definition) is 2. The second kappa shape index (κ2) is 6.31. The van der Waals surface area contributed by atoms with Crippen molar-refractivity contribution in [2.24, 2.45) is 5.73 Å². The van der Waals surface area contributed by atoms with Gasteiger partial charge in [-0.3, -0.25) is 0 Å². The van der Waals surface area contributed by atoms with Crippen molar-refractivity contribution in [3.63, 3.8) is 0 Å². The molecule has 0 aromatic rings. The van der Waals surface area contributed by atoms with Gasteiger partial charge >= 0.3 is 0 Å². The van der Waals surface area contributed by atoms with Gasteiger partial charge in [0.15, 0.2) is 0 Å². The van der Waals surface area contributed by atoms with Crippen LogP contribution in [0.5, 0.6) is 0 Å². The van der Waals surface area contributed by atoms with Crippen molar-refractivity contribution in [3.05, 3.63) is 0 Å². The van der Waals surface area contributed by atoms with Crippen LogP contribution in [-0.2, 0) is 10.0 Å². The van der Waals surface area contributed by atoms with E-state index in [0.717, 1.165) is 0 Å². The Bertz CT molecular complexity index is 275. The lowest BCUT2D eigenvalue weighted by Gasteiger charge is -2.15. The SMILES string of the molecule is CCCS(=O)(=O)NC(CC)CC(N)=S.